The molecule has 148 valence electrons. The first-order valence-electron chi connectivity index (χ1n) is 8.71. The van der Waals surface area contributed by atoms with Crippen LogP contribution in [0.4, 0.5) is 11.4 Å². The van der Waals surface area contributed by atoms with Gasteiger partial charge in [0.15, 0.2) is 6.29 Å². The molecule has 0 unspecified atom stereocenters. The third-order valence-corrected chi connectivity index (χ3v) is 6.03. The molecule has 1 N–H and O–H groups in total. The van der Waals surface area contributed by atoms with Crippen LogP contribution >= 0.6 is 34.5 Å². The largest absolute Gasteiger partial charge is 0.495 e. The van der Waals surface area contributed by atoms with E-state index in [4.69, 9.17) is 27.9 Å². The van der Waals surface area contributed by atoms with Crippen molar-refractivity contribution < 1.29 is 9.53 Å². The van der Waals surface area contributed by atoms with Gasteiger partial charge in [-0.05, 0) is 34.7 Å². The van der Waals surface area contributed by atoms with E-state index in [2.05, 4.69) is 16.4 Å². The molecule has 0 aliphatic heterocycles. The van der Waals surface area contributed by atoms with Crippen molar-refractivity contribution in [2.24, 2.45) is 0 Å². The minimum atomic E-state index is 0.374. The summed E-state index contributed by atoms with van der Waals surface area (Å²) < 4.78 is 5.27. The third kappa shape index (κ3) is 3.71. The molecule has 0 aliphatic carbocycles. The van der Waals surface area contributed by atoms with Gasteiger partial charge in [-0.3, -0.25) is 9.78 Å². The summed E-state index contributed by atoms with van der Waals surface area (Å²) in [5.74, 6) is 0.464. The highest BCUT2D eigenvalue weighted by atomic mass is 35.5. The van der Waals surface area contributed by atoms with E-state index in [1.807, 2.05) is 29.6 Å². The molecule has 5 nitrogen and oxygen atoms in total. The van der Waals surface area contributed by atoms with Gasteiger partial charge in [0.1, 0.15) is 11.8 Å². The summed E-state index contributed by atoms with van der Waals surface area (Å²) in [6, 6.07) is 13.0. The SMILES string of the molecule is COc1cc(Nc2c(C#N)cnc3cc(-c4csc(C=O)c4)ccc23)c(Cl)cc1Cl. The van der Waals surface area contributed by atoms with Crippen LogP contribution in [-0.4, -0.2) is 18.4 Å². The molecule has 2 heterocycles. The van der Waals surface area contributed by atoms with Gasteiger partial charge in [-0.2, -0.15) is 5.26 Å². The van der Waals surface area contributed by atoms with Gasteiger partial charge in [0.2, 0.25) is 0 Å². The number of nitrogens with zero attached hydrogens (tertiary/aromatic N) is 2. The molecular formula is C22H13Cl2N3O2S. The van der Waals surface area contributed by atoms with Crippen molar-refractivity contribution in [2.75, 3.05) is 12.4 Å². The number of ether oxygens (including phenoxy) is 1. The highest BCUT2D eigenvalue weighted by Gasteiger charge is 2.14. The minimum absolute atomic E-state index is 0.374. The first kappa shape index (κ1) is 20.2. The lowest BCUT2D eigenvalue weighted by molar-refractivity contribution is 0.112. The number of fused-ring (bicyclic) bond motifs is 1. The van der Waals surface area contributed by atoms with Crippen LogP contribution in [0.1, 0.15) is 15.2 Å². The zero-order valence-electron chi connectivity index (χ0n) is 15.6. The van der Waals surface area contributed by atoms with E-state index < -0.39 is 0 Å². The number of carbonyl (C=O) groups is 1. The van der Waals surface area contributed by atoms with Gasteiger partial charge in [0.25, 0.3) is 0 Å². The van der Waals surface area contributed by atoms with Gasteiger partial charge in [-0.25, -0.2) is 0 Å². The fourth-order valence-corrected chi connectivity index (χ4v) is 4.30. The highest BCUT2D eigenvalue weighted by molar-refractivity contribution is 7.12. The molecule has 0 fully saturated rings. The molecule has 0 radical (unpaired) electrons. The van der Waals surface area contributed by atoms with Gasteiger partial charge in [-0.15, -0.1) is 11.3 Å². The maximum absolute atomic E-state index is 11.0. The van der Waals surface area contributed by atoms with Crippen LogP contribution in [0, 0.1) is 11.3 Å². The highest BCUT2D eigenvalue weighted by Crippen LogP contribution is 2.38. The lowest BCUT2D eigenvalue weighted by Gasteiger charge is -2.15. The van der Waals surface area contributed by atoms with Crippen LogP contribution in [0.25, 0.3) is 22.0 Å². The molecule has 0 saturated heterocycles. The van der Waals surface area contributed by atoms with Crippen molar-refractivity contribution in [1.29, 1.82) is 5.26 Å². The molecule has 8 heteroatoms. The van der Waals surface area contributed by atoms with Gasteiger partial charge in [-0.1, -0.05) is 35.3 Å². The number of hydrogen-bond acceptors (Lipinski definition) is 6. The van der Waals surface area contributed by atoms with Crippen molar-refractivity contribution in [2.45, 2.75) is 0 Å². The monoisotopic (exact) mass is 453 g/mol. The molecular weight excluding hydrogens is 441 g/mol. The van der Waals surface area contributed by atoms with Gasteiger partial charge >= 0.3 is 0 Å². The molecule has 2 aromatic carbocycles. The van der Waals surface area contributed by atoms with Crippen molar-refractivity contribution in [3.63, 3.8) is 0 Å². The minimum Gasteiger partial charge on any atom is -0.495 e. The van der Waals surface area contributed by atoms with E-state index in [0.717, 1.165) is 22.8 Å². The Balaban J connectivity index is 1.83. The number of methoxy groups -OCH3 is 1. The van der Waals surface area contributed by atoms with Crippen LogP contribution in [0.2, 0.25) is 10.0 Å². The second-order valence-electron chi connectivity index (χ2n) is 6.34. The summed E-state index contributed by atoms with van der Waals surface area (Å²) in [7, 11) is 1.52. The van der Waals surface area contributed by atoms with Crippen LogP contribution in [-0.2, 0) is 0 Å². The number of benzene rings is 2. The van der Waals surface area contributed by atoms with E-state index in [1.165, 1.54) is 24.6 Å². The number of nitriles is 1. The van der Waals surface area contributed by atoms with Crippen LogP contribution < -0.4 is 10.1 Å². The molecule has 30 heavy (non-hydrogen) atoms. The maximum Gasteiger partial charge on any atom is 0.160 e. The van der Waals surface area contributed by atoms with E-state index >= 15 is 0 Å². The number of rotatable bonds is 5. The fraction of sp³-hybridized carbons (Fsp3) is 0.0455. The standard InChI is InChI=1S/C22H13Cl2N3O2S/c1-29-21-7-20(17(23)6-18(21)24)27-22-14(8-25)9-26-19-5-12(2-3-16(19)22)13-4-15(10-28)30-11-13/h2-7,9-11H,1H3,(H,26,27). The number of halogens is 2. The topological polar surface area (TPSA) is 75.0 Å². The molecule has 4 rings (SSSR count). The molecule has 0 aliphatic rings. The molecule has 4 aromatic rings. The second-order valence-corrected chi connectivity index (χ2v) is 8.10. The molecule has 0 saturated carbocycles. The Morgan fingerprint density at radius 1 is 1.17 bits per heavy atom. The number of carbonyl (C=O) groups excluding carboxylic acids is 1. The lowest BCUT2D eigenvalue weighted by Crippen LogP contribution is -1.98. The Morgan fingerprint density at radius 2 is 2.00 bits per heavy atom. The van der Waals surface area contributed by atoms with E-state index in [0.29, 0.717) is 43.1 Å². The van der Waals surface area contributed by atoms with E-state index in [1.54, 1.807) is 12.1 Å². The van der Waals surface area contributed by atoms with Crippen molar-refractivity contribution in [3.8, 4) is 22.9 Å². The van der Waals surface area contributed by atoms with Crippen molar-refractivity contribution in [1.82, 2.24) is 4.98 Å². The van der Waals surface area contributed by atoms with Crippen LogP contribution in [0.15, 0.2) is 48.0 Å². The number of nitrogens with one attached hydrogen (secondary N) is 1. The average Bonchev–Trinajstić information content (AvgIpc) is 3.24. The van der Waals surface area contributed by atoms with Crippen molar-refractivity contribution in [3.05, 3.63) is 68.5 Å². The summed E-state index contributed by atoms with van der Waals surface area (Å²) in [5, 5.41) is 16.3. The van der Waals surface area contributed by atoms with E-state index in [9.17, 15) is 10.1 Å². The summed E-state index contributed by atoms with van der Waals surface area (Å²) in [6.07, 6.45) is 2.35. The molecule has 0 atom stereocenters. The summed E-state index contributed by atoms with van der Waals surface area (Å²) in [4.78, 5) is 16.1. The maximum atomic E-state index is 11.0. The first-order chi connectivity index (χ1) is 14.5. The van der Waals surface area contributed by atoms with Crippen molar-refractivity contribution >= 4 is 63.1 Å². The predicted molar refractivity (Wildman–Crippen MR) is 121 cm³/mol. The number of pyridine rings is 1. The zero-order valence-corrected chi connectivity index (χ0v) is 17.9. The van der Waals surface area contributed by atoms with Crippen LogP contribution in [0.3, 0.4) is 0 Å². The second kappa shape index (κ2) is 8.33. The number of aldehydes is 1. The number of anilines is 2. The molecule has 0 spiro atoms. The molecule has 0 amide bonds. The summed E-state index contributed by atoms with van der Waals surface area (Å²) in [5.41, 5.74) is 4.08. The lowest BCUT2D eigenvalue weighted by atomic mass is 10.0. The smallest absolute Gasteiger partial charge is 0.160 e. The van der Waals surface area contributed by atoms with Crippen LogP contribution in [0.5, 0.6) is 5.75 Å². The number of hydrogen-bond donors (Lipinski definition) is 1. The Labute approximate surface area is 186 Å². The third-order valence-electron chi connectivity index (χ3n) is 4.56. The average molecular weight is 454 g/mol. The van der Waals surface area contributed by atoms with E-state index in [-0.39, 0.29) is 0 Å². The Bertz CT molecular complexity index is 1330. The van der Waals surface area contributed by atoms with Gasteiger partial charge in [0.05, 0.1) is 44.5 Å². The Hall–Kier alpha value is -3.11. The predicted octanol–water partition coefficient (Wildman–Crippen LogP) is 6.71. The zero-order chi connectivity index (χ0) is 21.3. The Morgan fingerprint density at radius 3 is 2.70 bits per heavy atom. The van der Waals surface area contributed by atoms with Gasteiger partial charge in [0, 0.05) is 17.6 Å². The molecule has 2 aromatic heterocycles. The fourth-order valence-electron chi connectivity index (χ4n) is 3.07. The number of aromatic nitrogens is 1. The number of thiophene rings is 1. The molecule has 0 bridgehead atoms. The van der Waals surface area contributed by atoms with Gasteiger partial charge < -0.3 is 10.1 Å². The summed E-state index contributed by atoms with van der Waals surface area (Å²) in [6.45, 7) is 0. The summed E-state index contributed by atoms with van der Waals surface area (Å²) >= 11 is 13.9. The quantitative estimate of drug-likeness (QED) is 0.340. The first-order valence-corrected chi connectivity index (χ1v) is 10.3. The Kier molecular flexibility index (Phi) is 5.60. The normalized spacial score (nSPS) is 10.6.